The Morgan fingerprint density at radius 2 is 1.84 bits per heavy atom. The maximum absolute atomic E-state index is 13.2. The minimum absolute atomic E-state index is 0.0655. The number of halogens is 2. The molecule has 2 atom stereocenters. The van der Waals surface area contributed by atoms with E-state index in [1.165, 1.54) is 24.3 Å². The Morgan fingerprint density at radius 3 is 2.50 bits per heavy atom. The maximum Gasteiger partial charge on any atom is 0.269 e. The molecule has 0 spiro atoms. The van der Waals surface area contributed by atoms with Crippen LogP contribution in [0.2, 0.25) is 5.02 Å². The van der Waals surface area contributed by atoms with E-state index in [0.29, 0.717) is 19.6 Å². The maximum atomic E-state index is 13.2. The topological polar surface area (TPSA) is 87.2 Å². The number of nitrogens with zero attached hydrogens (tertiary/aromatic N) is 2. The lowest BCUT2D eigenvalue weighted by Gasteiger charge is -2.44. The van der Waals surface area contributed by atoms with Crippen LogP contribution < -0.4 is 4.74 Å². The van der Waals surface area contributed by atoms with Crippen molar-refractivity contribution in [1.29, 1.82) is 0 Å². The lowest BCUT2D eigenvalue weighted by Crippen LogP contribution is -2.58. The Morgan fingerprint density at radius 1 is 1.16 bits per heavy atom. The normalized spacial score (nSPS) is 19.7. The van der Waals surface area contributed by atoms with Gasteiger partial charge in [0.2, 0.25) is 0 Å². The summed E-state index contributed by atoms with van der Waals surface area (Å²) in [6, 6.07) is 10.9. The number of benzene rings is 2. The van der Waals surface area contributed by atoms with E-state index in [1.54, 1.807) is 23.1 Å². The average molecular weight is 485 g/mol. The molecular weight excluding hydrogens is 459 g/mol. The van der Waals surface area contributed by atoms with Crippen molar-refractivity contribution in [3.63, 3.8) is 0 Å². The van der Waals surface area contributed by atoms with Crippen LogP contribution in [0, 0.1) is 5.82 Å². The van der Waals surface area contributed by atoms with E-state index in [9.17, 15) is 17.6 Å². The number of hydrogen-bond acceptors (Lipinski definition) is 5. The summed E-state index contributed by atoms with van der Waals surface area (Å²) < 4.78 is 50.4. The quantitative estimate of drug-likeness (QED) is 0.606. The Labute approximate surface area is 192 Å². The van der Waals surface area contributed by atoms with E-state index in [4.69, 9.17) is 20.9 Å². The van der Waals surface area contributed by atoms with Gasteiger partial charge in [-0.2, -0.15) is 8.42 Å². The van der Waals surface area contributed by atoms with Gasteiger partial charge in [0.15, 0.2) is 6.61 Å². The molecule has 1 aliphatic heterocycles. The molecule has 10 heteroatoms. The van der Waals surface area contributed by atoms with Gasteiger partial charge < -0.3 is 9.64 Å². The Kier molecular flexibility index (Phi) is 7.76. The molecule has 1 fully saturated rings. The molecule has 0 radical (unpaired) electrons. The number of rotatable bonds is 7. The first-order chi connectivity index (χ1) is 15.0. The highest BCUT2D eigenvalue weighted by atomic mass is 35.5. The zero-order valence-corrected chi connectivity index (χ0v) is 19.4. The predicted molar refractivity (Wildman–Crippen MR) is 120 cm³/mol. The standard InChI is InChI=1S/C22H26ClFN2O5S/c1-15-11-26(16(2)10-25(15)12-17-6-8-19(24)9-7-17)21(27)13-31-22-18(14-32(28,29)30)4-3-5-20(22)23/h3-9,15-16H,10-14H2,1-2H3,(H,28,29,30)/t15-,16+/m0/s1. The van der Waals surface area contributed by atoms with Crippen LogP contribution in [0.5, 0.6) is 5.75 Å². The number of carbonyl (C=O) groups excluding carboxylic acids is 1. The summed E-state index contributed by atoms with van der Waals surface area (Å²) >= 11 is 6.13. The van der Waals surface area contributed by atoms with E-state index in [2.05, 4.69) is 4.90 Å². The largest absolute Gasteiger partial charge is 0.482 e. The van der Waals surface area contributed by atoms with Crippen molar-refractivity contribution in [2.45, 2.75) is 38.2 Å². The van der Waals surface area contributed by atoms with Gasteiger partial charge in [-0.25, -0.2) is 4.39 Å². The second kappa shape index (κ2) is 10.2. The fourth-order valence-corrected chi connectivity index (χ4v) is 4.70. The van der Waals surface area contributed by atoms with Crippen LogP contribution in [-0.2, 0) is 27.2 Å². The third-order valence-corrected chi connectivity index (χ3v) is 6.43. The summed E-state index contributed by atoms with van der Waals surface area (Å²) in [5.74, 6) is -1.12. The van der Waals surface area contributed by atoms with Gasteiger partial charge in [0.1, 0.15) is 17.3 Å². The summed E-state index contributed by atoms with van der Waals surface area (Å²) in [5.41, 5.74) is 1.18. The molecule has 0 unspecified atom stereocenters. The van der Waals surface area contributed by atoms with Crippen molar-refractivity contribution in [2.75, 3.05) is 19.7 Å². The molecule has 3 rings (SSSR count). The molecular formula is C22H26ClFN2O5S. The van der Waals surface area contributed by atoms with Crippen molar-refractivity contribution < 1.29 is 26.9 Å². The zero-order valence-electron chi connectivity index (χ0n) is 17.9. The Bertz CT molecular complexity index is 1060. The van der Waals surface area contributed by atoms with Gasteiger partial charge in [0.25, 0.3) is 16.0 Å². The molecule has 174 valence electrons. The monoisotopic (exact) mass is 484 g/mol. The molecule has 2 aromatic rings. The van der Waals surface area contributed by atoms with Crippen LogP contribution in [0.25, 0.3) is 0 Å². The number of amides is 1. The number of hydrogen-bond donors (Lipinski definition) is 1. The molecule has 1 saturated heterocycles. The third-order valence-electron chi connectivity index (χ3n) is 5.46. The first kappa shape index (κ1) is 24.4. The smallest absolute Gasteiger partial charge is 0.269 e. The molecule has 1 heterocycles. The Balaban J connectivity index is 1.63. The number of piperazine rings is 1. The van der Waals surface area contributed by atoms with Crippen molar-refractivity contribution >= 4 is 27.6 Å². The highest BCUT2D eigenvalue weighted by molar-refractivity contribution is 7.85. The van der Waals surface area contributed by atoms with Gasteiger partial charge in [0.05, 0.1) is 5.02 Å². The van der Waals surface area contributed by atoms with Crippen LogP contribution in [0.1, 0.15) is 25.0 Å². The highest BCUT2D eigenvalue weighted by Gasteiger charge is 2.32. The van der Waals surface area contributed by atoms with Crippen molar-refractivity contribution in [2.24, 2.45) is 0 Å². The highest BCUT2D eigenvalue weighted by Crippen LogP contribution is 2.30. The molecule has 7 nitrogen and oxygen atoms in total. The molecule has 1 amide bonds. The van der Waals surface area contributed by atoms with Crippen LogP contribution in [0.15, 0.2) is 42.5 Å². The van der Waals surface area contributed by atoms with Crippen molar-refractivity contribution in [3.05, 3.63) is 64.4 Å². The fourth-order valence-electron chi connectivity index (χ4n) is 3.83. The van der Waals surface area contributed by atoms with Crippen LogP contribution in [0.4, 0.5) is 4.39 Å². The number of ether oxygens (including phenoxy) is 1. The van der Waals surface area contributed by atoms with Gasteiger partial charge >= 0.3 is 0 Å². The summed E-state index contributed by atoms with van der Waals surface area (Å²) in [6.07, 6.45) is 0. The molecule has 1 aliphatic rings. The van der Waals surface area contributed by atoms with Gasteiger partial charge in [0, 0.05) is 37.3 Å². The minimum atomic E-state index is -4.29. The summed E-state index contributed by atoms with van der Waals surface area (Å²) in [6.45, 7) is 5.45. The second-order valence-electron chi connectivity index (χ2n) is 8.04. The van der Waals surface area contributed by atoms with Gasteiger partial charge in [-0.1, -0.05) is 35.9 Å². The predicted octanol–water partition coefficient (Wildman–Crippen LogP) is 3.37. The van der Waals surface area contributed by atoms with E-state index < -0.39 is 15.9 Å². The molecule has 1 N–H and O–H groups in total. The van der Waals surface area contributed by atoms with E-state index in [0.717, 1.165) is 5.56 Å². The lowest BCUT2D eigenvalue weighted by molar-refractivity contribution is -0.139. The van der Waals surface area contributed by atoms with E-state index in [-0.39, 0.29) is 46.8 Å². The molecule has 0 saturated carbocycles. The number of para-hydroxylation sites is 1. The molecule has 0 aromatic heterocycles. The first-order valence-electron chi connectivity index (χ1n) is 10.2. The minimum Gasteiger partial charge on any atom is -0.482 e. The van der Waals surface area contributed by atoms with Gasteiger partial charge in [-0.15, -0.1) is 0 Å². The van der Waals surface area contributed by atoms with E-state index in [1.807, 2.05) is 13.8 Å². The van der Waals surface area contributed by atoms with Crippen molar-refractivity contribution in [1.82, 2.24) is 9.80 Å². The second-order valence-corrected chi connectivity index (χ2v) is 9.90. The summed E-state index contributed by atoms with van der Waals surface area (Å²) in [4.78, 5) is 16.8. The molecule has 2 aromatic carbocycles. The van der Waals surface area contributed by atoms with Gasteiger partial charge in [-0.05, 0) is 37.6 Å². The molecule has 0 aliphatic carbocycles. The first-order valence-corrected chi connectivity index (χ1v) is 12.2. The summed E-state index contributed by atoms with van der Waals surface area (Å²) in [7, 11) is -4.29. The molecule has 32 heavy (non-hydrogen) atoms. The lowest BCUT2D eigenvalue weighted by atomic mass is 10.1. The van der Waals surface area contributed by atoms with Crippen molar-refractivity contribution in [3.8, 4) is 5.75 Å². The Hall–Kier alpha value is -2.20. The molecule has 0 bridgehead atoms. The number of carbonyl (C=O) groups is 1. The van der Waals surface area contributed by atoms with Crippen LogP contribution in [0.3, 0.4) is 0 Å². The fraction of sp³-hybridized carbons (Fsp3) is 0.409. The van der Waals surface area contributed by atoms with Crippen LogP contribution in [-0.4, -0.2) is 60.5 Å². The zero-order chi connectivity index (χ0) is 23.5. The SMILES string of the molecule is C[C@@H]1CN(Cc2ccc(F)cc2)[C@@H](C)CN1C(=O)COc1c(Cl)cccc1CS(=O)(=O)O. The van der Waals surface area contributed by atoms with E-state index >= 15 is 0 Å². The average Bonchev–Trinajstić information content (AvgIpc) is 2.70. The third kappa shape index (κ3) is 6.41. The van der Waals surface area contributed by atoms with Crippen LogP contribution >= 0.6 is 11.6 Å². The van der Waals surface area contributed by atoms with Gasteiger partial charge in [-0.3, -0.25) is 14.2 Å². The summed E-state index contributed by atoms with van der Waals surface area (Å²) in [5, 5.41) is 0.157.